The van der Waals surface area contributed by atoms with Crippen LogP contribution in [0.25, 0.3) is 0 Å². The molecule has 1 amide bonds. The summed E-state index contributed by atoms with van der Waals surface area (Å²) in [4.78, 5) is 14.1. The lowest BCUT2D eigenvalue weighted by atomic mass is 10.0. The average Bonchev–Trinajstić information content (AvgIpc) is 3.19. The van der Waals surface area contributed by atoms with E-state index in [9.17, 15) is 18.0 Å². The summed E-state index contributed by atoms with van der Waals surface area (Å²) in [5, 5.41) is 3.18. The van der Waals surface area contributed by atoms with Gasteiger partial charge in [-0.15, -0.1) is 0 Å². The molecular weight excluding hydrogens is 293 g/mol. The highest BCUT2D eigenvalue weighted by Crippen LogP contribution is 2.35. The van der Waals surface area contributed by atoms with Crippen molar-refractivity contribution < 1.29 is 18.0 Å². The van der Waals surface area contributed by atoms with E-state index in [4.69, 9.17) is 0 Å². The standard InChI is InChI=1S/C16H19F3N2O/c17-16(18,19)14-4-2-1-3-12(14)10-21(13-7-8-20-9-13)15(22)11-5-6-11/h1-4,11,13,20H,5-10H2/t13-/m0/s1. The molecule has 1 aromatic carbocycles. The quantitative estimate of drug-likeness (QED) is 0.927. The van der Waals surface area contributed by atoms with Crippen molar-refractivity contribution >= 4 is 5.91 Å². The number of nitrogens with zero attached hydrogens (tertiary/aromatic N) is 1. The molecule has 1 aliphatic carbocycles. The van der Waals surface area contributed by atoms with E-state index in [1.54, 1.807) is 11.0 Å². The fraction of sp³-hybridized carbons (Fsp3) is 0.562. The van der Waals surface area contributed by atoms with Crippen molar-refractivity contribution in [2.45, 2.75) is 38.0 Å². The maximum Gasteiger partial charge on any atom is 0.416 e. The van der Waals surface area contributed by atoms with Crippen LogP contribution in [0.1, 0.15) is 30.4 Å². The first kappa shape index (κ1) is 15.3. The molecule has 1 aromatic rings. The molecule has 1 saturated heterocycles. The molecule has 0 bridgehead atoms. The molecule has 1 N–H and O–H groups in total. The molecule has 0 radical (unpaired) electrons. The van der Waals surface area contributed by atoms with Crippen LogP contribution in [-0.4, -0.2) is 29.9 Å². The Hall–Kier alpha value is -1.56. The second-order valence-corrected chi connectivity index (χ2v) is 6.04. The fourth-order valence-electron chi connectivity index (χ4n) is 2.98. The maximum absolute atomic E-state index is 13.1. The molecule has 6 heteroatoms. The van der Waals surface area contributed by atoms with Crippen LogP contribution in [0, 0.1) is 5.92 Å². The van der Waals surface area contributed by atoms with E-state index in [0.717, 1.165) is 31.9 Å². The van der Waals surface area contributed by atoms with E-state index in [-0.39, 0.29) is 30.0 Å². The fourth-order valence-corrected chi connectivity index (χ4v) is 2.98. The van der Waals surface area contributed by atoms with Crippen molar-refractivity contribution in [2.24, 2.45) is 5.92 Å². The van der Waals surface area contributed by atoms with E-state index in [0.29, 0.717) is 6.54 Å². The summed E-state index contributed by atoms with van der Waals surface area (Å²) >= 11 is 0. The van der Waals surface area contributed by atoms with Crippen LogP contribution in [0.3, 0.4) is 0 Å². The first-order chi connectivity index (χ1) is 10.5. The molecule has 1 saturated carbocycles. The lowest BCUT2D eigenvalue weighted by molar-refractivity contribution is -0.141. The Morgan fingerprint density at radius 3 is 2.55 bits per heavy atom. The highest BCUT2D eigenvalue weighted by Gasteiger charge is 2.39. The molecule has 2 fully saturated rings. The van der Waals surface area contributed by atoms with Gasteiger partial charge in [-0.2, -0.15) is 13.2 Å². The molecule has 22 heavy (non-hydrogen) atoms. The van der Waals surface area contributed by atoms with Crippen molar-refractivity contribution in [1.82, 2.24) is 10.2 Å². The molecule has 0 spiro atoms. The molecule has 2 aliphatic rings. The summed E-state index contributed by atoms with van der Waals surface area (Å²) in [6.45, 7) is 1.50. The molecule has 120 valence electrons. The summed E-state index contributed by atoms with van der Waals surface area (Å²) in [6, 6.07) is 5.53. The van der Waals surface area contributed by atoms with E-state index in [2.05, 4.69) is 5.32 Å². The van der Waals surface area contributed by atoms with Crippen LogP contribution >= 0.6 is 0 Å². The van der Waals surface area contributed by atoms with Crippen molar-refractivity contribution in [1.29, 1.82) is 0 Å². The number of carbonyl (C=O) groups excluding carboxylic acids is 1. The Morgan fingerprint density at radius 1 is 1.23 bits per heavy atom. The van der Waals surface area contributed by atoms with E-state index in [1.165, 1.54) is 12.1 Å². The summed E-state index contributed by atoms with van der Waals surface area (Å²) < 4.78 is 39.4. The predicted octanol–water partition coefficient (Wildman–Crippen LogP) is 2.81. The van der Waals surface area contributed by atoms with Crippen molar-refractivity contribution in [3.8, 4) is 0 Å². The molecular formula is C16H19F3N2O. The summed E-state index contributed by atoms with van der Waals surface area (Å²) in [5.41, 5.74) is -0.467. The Morgan fingerprint density at radius 2 is 1.95 bits per heavy atom. The molecule has 0 aromatic heterocycles. The van der Waals surface area contributed by atoms with Gasteiger partial charge in [0.2, 0.25) is 5.91 Å². The number of nitrogens with one attached hydrogen (secondary N) is 1. The zero-order valence-corrected chi connectivity index (χ0v) is 12.2. The number of halogens is 3. The third-order valence-corrected chi connectivity index (χ3v) is 4.35. The van der Waals surface area contributed by atoms with Crippen molar-refractivity contribution in [3.05, 3.63) is 35.4 Å². The second kappa shape index (κ2) is 5.91. The summed E-state index contributed by atoms with van der Waals surface area (Å²) in [5.74, 6) is 0.0179. The topological polar surface area (TPSA) is 32.3 Å². The minimum atomic E-state index is -4.39. The molecule has 3 nitrogen and oxygen atoms in total. The van der Waals surface area contributed by atoms with E-state index >= 15 is 0 Å². The lowest BCUT2D eigenvalue weighted by Crippen LogP contribution is -2.42. The molecule has 1 heterocycles. The highest BCUT2D eigenvalue weighted by molar-refractivity contribution is 5.81. The lowest BCUT2D eigenvalue weighted by Gasteiger charge is -2.30. The number of amides is 1. The predicted molar refractivity (Wildman–Crippen MR) is 76.0 cm³/mol. The van der Waals surface area contributed by atoms with Gasteiger partial charge in [0.05, 0.1) is 5.56 Å². The molecule has 3 rings (SSSR count). The normalized spacial score (nSPS) is 21.9. The van der Waals surface area contributed by atoms with Crippen molar-refractivity contribution in [2.75, 3.05) is 13.1 Å². The van der Waals surface area contributed by atoms with Crippen molar-refractivity contribution in [3.63, 3.8) is 0 Å². The van der Waals surface area contributed by atoms with Gasteiger partial charge in [0.1, 0.15) is 0 Å². The smallest absolute Gasteiger partial charge is 0.334 e. The number of benzene rings is 1. The maximum atomic E-state index is 13.1. The zero-order valence-electron chi connectivity index (χ0n) is 12.2. The van der Waals surface area contributed by atoms with Gasteiger partial charge in [-0.1, -0.05) is 18.2 Å². The Labute approximate surface area is 127 Å². The number of rotatable bonds is 4. The van der Waals surface area contributed by atoms with Crippen LogP contribution in [0.15, 0.2) is 24.3 Å². The largest absolute Gasteiger partial charge is 0.416 e. The SMILES string of the molecule is O=C(C1CC1)N(Cc1ccccc1C(F)(F)F)[C@H]1CCNC1. The van der Waals surface area contributed by atoms with Gasteiger partial charge in [-0.25, -0.2) is 0 Å². The van der Waals surface area contributed by atoms with Crippen LogP contribution in [0.5, 0.6) is 0 Å². The first-order valence-corrected chi connectivity index (χ1v) is 7.63. The third kappa shape index (κ3) is 3.27. The van der Waals surface area contributed by atoms with Gasteiger partial charge in [0.25, 0.3) is 0 Å². The Kier molecular flexibility index (Phi) is 4.12. The molecule has 1 aliphatic heterocycles. The van der Waals surface area contributed by atoms with Gasteiger partial charge in [0, 0.05) is 25.0 Å². The van der Waals surface area contributed by atoms with E-state index < -0.39 is 11.7 Å². The van der Waals surface area contributed by atoms with Crippen LogP contribution < -0.4 is 5.32 Å². The monoisotopic (exact) mass is 312 g/mol. The summed E-state index contributed by atoms with van der Waals surface area (Å²) in [6.07, 6.45) is -1.88. The first-order valence-electron chi connectivity index (χ1n) is 7.63. The summed E-state index contributed by atoms with van der Waals surface area (Å²) in [7, 11) is 0. The third-order valence-electron chi connectivity index (χ3n) is 4.35. The van der Waals surface area contributed by atoms with Crippen LogP contribution in [-0.2, 0) is 17.5 Å². The highest BCUT2D eigenvalue weighted by atomic mass is 19.4. The number of alkyl halides is 3. The average molecular weight is 312 g/mol. The van der Waals surface area contributed by atoms with Gasteiger partial charge in [0.15, 0.2) is 0 Å². The van der Waals surface area contributed by atoms with Gasteiger partial charge >= 0.3 is 6.18 Å². The molecule has 0 unspecified atom stereocenters. The Balaban J connectivity index is 1.85. The number of hydrogen-bond acceptors (Lipinski definition) is 2. The van der Waals surface area contributed by atoms with Gasteiger partial charge < -0.3 is 10.2 Å². The minimum Gasteiger partial charge on any atom is -0.334 e. The van der Waals surface area contributed by atoms with E-state index in [1.807, 2.05) is 0 Å². The van der Waals surface area contributed by atoms with Crippen LogP contribution in [0.2, 0.25) is 0 Å². The molecule has 1 atom stereocenters. The Bertz CT molecular complexity index is 549. The van der Waals surface area contributed by atoms with Crippen LogP contribution in [0.4, 0.5) is 13.2 Å². The van der Waals surface area contributed by atoms with Gasteiger partial charge in [-0.05, 0) is 37.4 Å². The zero-order chi connectivity index (χ0) is 15.7. The number of hydrogen-bond donors (Lipinski definition) is 1. The van der Waals surface area contributed by atoms with Gasteiger partial charge in [-0.3, -0.25) is 4.79 Å². The minimum absolute atomic E-state index is 0.00519. The number of carbonyl (C=O) groups is 1. The second-order valence-electron chi connectivity index (χ2n) is 6.04.